The van der Waals surface area contributed by atoms with Crippen LogP contribution in [0.4, 0.5) is 15.9 Å². The van der Waals surface area contributed by atoms with Gasteiger partial charge in [-0.1, -0.05) is 23.2 Å². The van der Waals surface area contributed by atoms with Gasteiger partial charge in [-0.05, 0) is 43.3 Å². The van der Waals surface area contributed by atoms with Crippen LogP contribution < -0.4 is 20.5 Å². The summed E-state index contributed by atoms with van der Waals surface area (Å²) in [5.74, 6) is -0.435. The van der Waals surface area contributed by atoms with Gasteiger partial charge < -0.3 is 25.3 Å². The fraction of sp³-hybridized carbons (Fsp3) is 0.320. The molecule has 2 heterocycles. The second-order valence-electron chi connectivity index (χ2n) is 8.28. The van der Waals surface area contributed by atoms with E-state index >= 15 is 0 Å². The molecule has 1 saturated heterocycles. The van der Waals surface area contributed by atoms with Crippen LogP contribution in [0.5, 0.6) is 11.5 Å². The van der Waals surface area contributed by atoms with Gasteiger partial charge in [0.15, 0.2) is 17.3 Å². The Morgan fingerprint density at radius 2 is 1.92 bits per heavy atom. The number of carbonyl (C=O) groups excluding carboxylic acids is 1. The van der Waals surface area contributed by atoms with Gasteiger partial charge >= 0.3 is 0 Å². The Kier molecular flexibility index (Phi) is 8.99. The largest absolute Gasteiger partial charge is 0.492 e. The van der Waals surface area contributed by atoms with Crippen molar-refractivity contribution in [3.05, 3.63) is 69.6 Å². The van der Waals surface area contributed by atoms with Crippen molar-refractivity contribution in [2.24, 2.45) is 0 Å². The number of nitrogens with zero attached hydrogens (tertiary/aromatic N) is 3. The normalized spacial score (nSPS) is 14.7. The maximum absolute atomic E-state index is 13.9. The van der Waals surface area contributed by atoms with Gasteiger partial charge in [-0.25, -0.2) is 4.39 Å². The number of benzene rings is 2. The van der Waals surface area contributed by atoms with Gasteiger partial charge in [0, 0.05) is 42.0 Å². The monoisotopic (exact) mass is 549 g/mol. The first-order valence-corrected chi connectivity index (χ1v) is 12.3. The molecule has 0 spiro atoms. The maximum atomic E-state index is 13.9. The summed E-state index contributed by atoms with van der Waals surface area (Å²) in [6, 6.07) is 10.9. The summed E-state index contributed by atoms with van der Waals surface area (Å²) in [6.07, 6.45) is -0.783. The quantitative estimate of drug-likeness (QED) is 0.372. The minimum atomic E-state index is -0.783. The lowest BCUT2D eigenvalue weighted by molar-refractivity contribution is 0.0322. The van der Waals surface area contributed by atoms with Gasteiger partial charge in [0.25, 0.3) is 5.91 Å². The van der Waals surface area contributed by atoms with Crippen LogP contribution in [0.3, 0.4) is 0 Å². The number of morpholine rings is 1. The molecule has 0 aliphatic carbocycles. The number of carbonyl (C=O) groups is 1. The number of ether oxygens (including phenoxy) is 3. The smallest absolute Gasteiger partial charge is 0.276 e. The van der Waals surface area contributed by atoms with Crippen LogP contribution in [-0.2, 0) is 4.74 Å². The van der Waals surface area contributed by atoms with E-state index in [-0.39, 0.29) is 32.9 Å². The topological polar surface area (TPSA) is 112 Å². The first kappa shape index (κ1) is 26.9. The van der Waals surface area contributed by atoms with E-state index in [9.17, 15) is 9.18 Å². The van der Waals surface area contributed by atoms with Gasteiger partial charge in [0.2, 0.25) is 0 Å². The highest BCUT2D eigenvalue weighted by atomic mass is 35.5. The third kappa shape index (κ3) is 6.98. The molecule has 1 aliphatic rings. The third-order valence-electron chi connectivity index (χ3n) is 5.70. The van der Waals surface area contributed by atoms with Gasteiger partial charge in [-0.3, -0.25) is 9.69 Å². The zero-order valence-corrected chi connectivity index (χ0v) is 21.6. The number of rotatable bonds is 9. The predicted molar refractivity (Wildman–Crippen MR) is 139 cm³/mol. The first-order valence-electron chi connectivity index (χ1n) is 11.6. The SMILES string of the molecule is CC(Oc1cc(C(=O)Nc2ccc(OCCN3CCOCC3)cc2)nnc1N)c1c(Cl)ccc(F)c1Cl. The van der Waals surface area contributed by atoms with Crippen molar-refractivity contribution in [3.63, 3.8) is 0 Å². The Labute approximate surface area is 223 Å². The average Bonchev–Trinajstić information content (AvgIpc) is 2.89. The molecule has 0 bridgehead atoms. The lowest BCUT2D eigenvalue weighted by atomic mass is 10.1. The van der Waals surface area contributed by atoms with Crippen molar-refractivity contribution in [2.45, 2.75) is 13.0 Å². The minimum absolute atomic E-state index is 0.0290. The molecule has 196 valence electrons. The molecule has 1 unspecified atom stereocenters. The van der Waals surface area contributed by atoms with Gasteiger partial charge in [-0.2, -0.15) is 0 Å². The molecule has 0 radical (unpaired) electrons. The highest BCUT2D eigenvalue weighted by Gasteiger charge is 2.21. The number of nitrogens with one attached hydrogen (secondary N) is 1. The van der Waals surface area contributed by atoms with E-state index in [1.165, 1.54) is 12.1 Å². The Morgan fingerprint density at radius 3 is 2.65 bits per heavy atom. The van der Waals surface area contributed by atoms with Crippen LogP contribution in [0.15, 0.2) is 42.5 Å². The molecule has 0 saturated carbocycles. The van der Waals surface area contributed by atoms with Crippen LogP contribution >= 0.6 is 23.2 Å². The fourth-order valence-electron chi connectivity index (χ4n) is 3.70. The Hall–Kier alpha value is -3.18. The zero-order chi connectivity index (χ0) is 26.4. The molecule has 3 aromatic rings. The summed E-state index contributed by atoms with van der Waals surface area (Å²) in [5, 5.41) is 10.5. The molecule has 3 N–H and O–H groups in total. The Bertz CT molecular complexity index is 1240. The molecule has 4 rings (SSSR count). The van der Waals surface area contributed by atoms with E-state index in [4.69, 9.17) is 43.1 Å². The Balaban J connectivity index is 1.36. The fourth-order valence-corrected chi connectivity index (χ4v) is 4.38. The number of nitrogens with two attached hydrogens (primary N) is 1. The van der Waals surface area contributed by atoms with Crippen molar-refractivity contribution >= 4 is 40.6 Å². The Morgan fingerprint density at radius 1 is 1.19 bits per heavy atom. The summed E-state index contributed by atoms with van der Waals surface area (Å²) in [6.45, 7) is 6.29. The molecule has 1 aromatic heterocycles. The van der Waals surface area contributed by atoms with Crippen LogP contribution in [0.1, 0.15) is 29.1 Å². The van der Waals surface area contributed by atoms with Crippen molar-refractivity contribution in [2.75, 3.05) is 50.5 Å². The molecule has 12 heteroatoms. The minimum Gasteiger partial charge on any atom is -0.492 e. The summed E-state index contributed by atoms with van der Waals surface area (Å²) in [5.41, 5.74) is 6.64. The number of hydrogen-bond donors (Lipinski definition) is 2. The van der Waals surface area contributed by atoms with Crippen molar-refractivity contribution in [3.8, 4) is 11.5 Å². The number of halogens is 3. The second kappa shape index (κ2) is 12.4. The van der Waals surface area contributed by atoms with E-state index in [1.807, 2.05) is 0 Å². The molecule has 37 heavy (non-hydrogen) atoms. The molecular weight excluding hydrogens is 524 g/mol. The van der Waals surface area contributed by atoms with Crippen molar-refractivity contribution < 1.29 is 23.4 Å². The van der Waals surface area contributed by atoms with E-state index < -0.39 is 17.8 Å². The molecular formula is C25H26Cl2FN5O4. The zero-order valence-electron chi connectivity index (χ0n) is 20.0. The van der Waals surface area contributed by atoms with E-state index in [2.05, 4.69) is 20.4 Å². The molecule has 1 atom stereocenters. The number of aromatic nitrogens is 2. The van der Waals surface area contributed by atoms with Gasteiger partial charge in [-0.15, -0.1) is 10.2 Å². The van der Waals surface area contributed by atoms with E-state index in [1.54, 1.807) is 31.2 Å². The molecule has 9 nitrogen and oxygen atoms in total. The lowest BCUT2D eigenvalue weighted by Crippen LogP contribution is -2.38. The molecule has 1 fully saturated rings. The second-order valence-corrected chi connectivity index (χ2v) is 9.06. The molecule has 1 aliphatic heterocycles. The summed E-state index contributed by atoms with van der Waals surface area (Å²) < 4.78 is 30.9. The molecule has 1 amide bonds. The van der Waals surface area contributed by atoms with Crippen LogP contribution in [0.2, 0.25) is 10.0 Å². The summed E-state index contributed by atoms with van der Waals surface area (Å²) in [7, 11) is 0. The standard InChI is InChI=1S/C25H26Cl2FN5O4/c1-15(22-18(26)6-7-19(28)23(22)27)37-21-14-20(31-32-24(21)29)25(34)30-16-2-4-17(5-3-16)36-13-10-33-8-11-35-12-9-33/h2-7,14-15H,8-13H2,1H3,(H2,29,32)(H,30,34). The predicted octanol–water partition coefficient (Wildman–Crippen LogP) is 4.61. The lowest BCUT2D eigenvalue weighted by Gasteiger charge is -2.26. The number of hydrogen-bond acceptors (Lipinski definition) is 8. The van der Waals surface area contributed by atoms with E-state index in [0.717, 1.165) is 38.9 Å². The van der Waals surface area contributed by atoms with E-state index in [0.29, 0.717) is 18.0 Å². The summed E-state index contributed by atoms with van der Waals surface area (Å²) in [4.78, 5) is 15.1. The first-order chi connectivity index (χ1) is 17.8. The number of anilines is 2. The van der Waals surface area contributed by atoms with Gasteiger partial charge in [0.1, 0.15) is 24.3 Å². The third-order valence-corrected chi connectivity index (χ3v) is 6.41. The highest BCUT2D eigenvalue weighted by Crippen LogP contribution is 2.35. The van der Waals surface area contributed by atoms with Crippen molar-refractivity contribution in [1.82, 2.24) is 15.1 Å². The number of amides is 1. The van der Waals surface area contributed by atoms with Crippen LogP contribution in [-0.4, -0.2) is 60.5 Å². The number of nitrogen functional groups attached to an aromatic ring is 1. The van der Waals surface area contributed by atoms with Crippen LogP contribution in [0, 0.1) is 5.82 Å². The van der Waals surface area contributed by atoms with Crippen LogP contribution in [0.25, 0.3) is 0 Å². The highest BCUT2D eigenvalue weighted by molar-refractivity contribution is 6.36. The summed E-state index contributed by atoms with van der Waals surface area (Å²) >= 11 is 12.2. The van der Waals surface area contributed by atoms with Gasteiger partial charge in [0.05, 0.1) is 18.2 Å². The maximum Gasteiger partial charge on any atom is 0.276 e. The molecule has 2 aromatic carbocycles. The average molecular weight is 550 g/mol. The van der Waals surface area contributed by atoms with Crippen molar-refractivity contribution in [1.29, 1.82) is 0 Å².